The summed E-state index contributed by atoms with van der Waals surface area (Å²) in [4.78, 5) is 37.7. The van der Waals surface area contributed by atoms with Crippen molar-refractivity contribution in [3.05, 3.63) is 28.5 Å². The van der Waals surface area contributed by atoms with E-state index in [1.807, 2.05) is 0 Å². The van der Waals surface area contributed by atoms with Crippen molar-refractivity contribution in [3.63, 3.8) is 0 Å². The summed E-state index contributed by atoms with van der Waals surface area (Å²) in [6.07, 6.45) is 0.0513. The molecule has 0 fully saturated rings. The first-order valence-corrected chi connectivity index (χ1v) is 6.26. The van der Waals surface area contributed by atoms with Crippen molar-refractivity contribution in [2.45, 2.75) is 6.42 Å². The van der Waals surface area contributed by atoms with E-state index in [1.54, 1.807) is 14.1 Å². The van der Waals surface area contributed by atoms with Gasteiger partial charge in [-0.1, -0.05) is 11.6 Å². The van der Waals surface area contributed by atoms with Crippen LogP contribution in [0.1, 0.15) is 16.8 Å². The molecule has 0 atom stereocenters. The van der Waals surface area contributed by atoms with Gasteiger partial charge in [-0.3, -0.25) is 14.4 Å². The molecule has 0 radical (unpaired) electrons. The Kier molecular flexibility index (Phi) is 3.76. The van der Waals surface area contributed by atoms with E-state index in [-0.39, 0.29) is 35.1 Å². The molecule has 0 saturated heterocycles. The van der Waals surface area contributed by atoms with Gasteiger partial charge in [-0.2, -0.15) is 0 Å². The Bertz CT molecular complexity index is 616. The Morgan fingerprint density at radius 3 is 2.60 bits per heavy atom. The minimum Gasteiger partial charge on any atom is -0.349 e. The second-order valence-corrected chi connectivity index (χ2v) is 5.01. The standard InChI is InChI=1S/C13H12ClFN2O3/c1-16(2)11(18)3-4-17-10-6-9(15)8(14)5-7(10)12(19)13(17)20/h5-6H,3-4H2,1-2H3. The number of benzene rings is 1. The number of Topliss-reactive ketones (excluding diaryl/α,β-unsaturated/α-hetero) is 1. The van der Waals surface area contributed by atoms with Crippen LogP contribution in [0.15, 0.2) is 12.1 Å². The number of amides is 2. The average Bonchev–Trinajstić information content (AvgIpc) is 2.61. The highest BCUT2D eigenvalue weighted by molar-refractivity contribution is 6.52. The van der Waals surface area contributed by atoms with Crippen molar-refractivity contribution in [1.82, 2.24) is 4.90 Å². The van der Waals surface area contributed by atoms with Crippen LogP contribution in [-0.4, -0.2) is 43.1 Å². The van der Waals surface area contributed by atoms with Gasteiger partial charge in [0, 0.05) is 27.1 Å². The molecule has 1 aliphatic rings. The highest BCUT2D eigenvalue weighted by Gasteiger charge is 2.36. The number of rotatable bonds is 3. The van der Waals surface area contributed by atoms with E-state index in [9.17, 15) is 18.8 Å². The Balaban J connectivity index is 2.29. The number of anilines is 1. The van der Waals surface area contributed by atoms with Crippen molar-refractivity contribution < 1.29 is 18.8 Å². The number of fused-ring (bicyclic) bond motifs is 1. The Hall–Kier alpha value is -1.95. The van der Waals surface area contributed by atoms with Gasteiger partial charge in [0.15, 0.2) is 0 Å². The van der Waals surface area contributed by atoms with Gasteiger partial charge in [0.05, 0.1) is 16.3 Å². The molecule has 1 heterocycles. The van der Waals surface area contributed by atoms with E-state index < -0.39 is 17.5 Å². The van der Waals surface area contributed by atoms with E-state index in [2.05, 4.69) is 0 Å². The van der Waals surface area contributed by atoms with E-state index >= 15 is 0 Å². The van der Waals surface area contributed by atoms with Crippen LogP contribution in [0.5, 0.6) is 0 Å². The molecular formula is C13H12ClFN2O3. The third kappa shape index (κ3) is 2.38. The van der Waals surface area contributed by atoms with Crippen LogP contribution in [-0.2, 0) is 9.59 Å². The van der Waals surface area contributed by atoms with Gasteiger partial charge < -0.3 is 9.80 Å². The number of halogens is 2. The highest BCUT2D eigenvalue weighted by Crippen LogP contribution is 2.33. The van der Waals surface area contributed by atoms with E-state index in [1.165, 1.54) is 4.90 Å². The lowest BCUT2D eigenvalue weighted by Gasteiger charge is -2.17. The molecule has 0 unspecified atom stereocenters. The van der Waals surface area contributed by atoms with Crippen molar-refractivity contribution in [2.24, 2.45) is 0 Å². The maximum Gasteiger partial charge on any atom is 0.299 e. The number of carbonyl (C=O) groups is 3. The number of nitrogens with zero attached hydrogens (tertiary/aromatic N) is 2. The van der Waals surface area contributed by atoms with Gasteiger partial charge in [0.1, 0.15) is 5.82 Å². The number of hydrogen-bond acceptors (Lipinski definition) is 3. The molecule has 106 valence electrons. The van der Waals surface area contributed by atoms with E-state index in [0.29, 0.717) is 0 Å². The average molecular weight is 299 g/mol. The van der Waals surface area contributed by atoms with Crippen LogP contribution in [0, 0.1) is 5.82 Å². The molecule has 20 heavy (non-hydrogen) atoms. The summed E-state index contributed by atoms with van der Waals surface area (Å²) in [5.74, 6) is -2.41. The van der Waals surface area contributed by atoms with Crippen molar-refractivity contribution >= 4 is 34.9 Å². The Morgan fingerprint density at radius 2 is 2.00 bits per heavy atom. The smallest absolute Gasteiger partial charge is 0.299 e. The lowest BCUT2D eigenvalue weighted by molar-refractivity contribution is -0.128. The van der Waals surface area contributed by atoms with Crippen LogP contribution in [0.2, 0.25) is 5.02 Å². The summed E-state index contributed by atoms with van der Waals surface area (Å²) in [5, 5.41) is -0.212. The van der Waals surface area contributed by atoms with Crippen molar-refractivity contribution in [2.75, 3.05) is 25.5 Å². The quantitative estimate of drug-likeness (QED) is 0.794. The minimum absolute atomic E-state index is 0.0235. The normalized spacial score (nSPS) is 13.7. The monoisotopic (exact) mass is 298 g/mol. The summed E-state index contributed by atoms with van der Waals surface area (Å²) in [5.41, 5.74) is 0.229. The maximum atomic E-state index is 13.5. The molecule has 1 aliphatic heterocycles. The summed E-state index contributed by atoms with van der Waals surface area (Å²) < 4.78 is 13.5. The van der Waals surface area contributed by atoms with E-state index in [4.69, 9.17) is 11.6 Å². The second-order valence-electron chi connectivity index (χ2n) is 4.61. The summed E-state index contributed by atoms with van der Waals surface area (Å²) in [7, 11) is 3.18. The zero-order chi connectivity index (χ0) is 15.0. The summed E-state index contributed by atoms with van der Waals surface area (Å²) in [6.45, 7) is 0.0235. The molecule has 0 aromatic heterocycles. The fraction of sp³-hybridized carbons (Fsp3) is 0.308. The van der Waals surface area contributed by atoms with Crippen LogP contribution in [0.4, 0.5) is 10.1 Å². The number of carbonyl (C=O) groups excluding carboxylic acids is 3. The van der Waals surface area contributed by atoms with E-state index in [0.717, 1.165) is 17.0 Å². The maximum absolute atomic E-state index is 13.5. The molecule has 2 rings (SSSR count). The molecule has 2 amide bonds. The first kappa shape index (κ1) is 14.5. The Labute approximate surface area is 119 Å². The van der Waals surface area contributed by atoms with Gasteiger partial charge in [-0.25, -0.2) is 4.39 Å². The second kappa shape index (κ2) is 5.20. The predicted octanol–water partition coefficient (Wildman–Crippen LogP) is 1.49. The van der Waals surface area contributed by atoms with Crippen LogP contribution in [0.3, 0.4) is 0 Å². The molecule has 0 saturated carbocycles. The highest BCUT2D eigenvalue weighted by atomic mass is 35.5. The van der Waals surface area contributed by atoms with Crippen molar-refractivity contribution in [3.8, 4) is 0 Å². The predicted molar refractivity (Wildman–Crippen MR) is 71.4 cm³/mol. The SMILES string of the molecule is CN(C)C(=O)CCN1C(=O)C(=O)c2cc(Cl)c(F)cc21. The molecule has 1 aromatic rings. The topological polar surface area (TPSA) is 57.7 Å². The van der Waals surface area contributed by atoms with Gasteiger partial charge in [-0.15, -0.1) is 0 Å². The largest absolute Gasteiger partial charge is 0.349 e. The fourth-order valence-corrected chi connectivity index (χ4v) is 2.11. The third-order valence-corrected chi connectivity index (χ3v) is 3.35. The Morgan fingerprint density at radius 1 is 1.35 bits per heavy atom. The molecule has 0 aliphatic carbocycles. The number of hydrogen-bond donors (Lipinski definition) is 0. The molecule has 0 spiro atoms. The minimum atomic E-state index is -0.770. The third-order valence-electron chi connectivity index (χ3n) is 3.06. The van der Waals surface area contributed by atoms with Gasteiger partial charge in [0.2, 0.25) is 5.91 Å². The van der Waals surface area contributed by atoms with Gasteiger partial charge in [-0.05, 0) is 12.1 Å². The molecular weight excluding hydrogens is 287 g/mol. The van der Waals surface area contributed by atoms with Gasteiger partial charge >= 0.3 is 0 Å². The molecule has 0 N–H and O–H groups in total. The molecule has 7 heteroatoms. The molecule has 0 bridgehead atoms. The van der Waals surface area contributed by atoms with Gasteiger partial charge in [0.25, 0.3) is 11.7 Å². The first-order chi connectivity index (χ1) is 9.32. The molecule has 5 nitrogen and oxygen atoms in total. The number of ketones is 1. The molecule has 1 aromatic carbocycles. The summed E-state index contributed by atoms with van der Waals surface area (Å²) >= 11 is 5.60. The van der Waals surface area contributed by atoms with Crippen LogP contribution >= 0.6 is 11.6 Å². The first-order valence-electron chi connectivity index (χ1n) is 5.88. The zero-order valence-electron chi connectivity index (χ0n) is 10.9. The lowest BCUT2D eigenvalue weighted by Crippen LogP contribution is -2.34. The van der Waals surface area contributed by atoms with Crippen LogP contribution < -0.4 is 4.90 Å². The lowest BCUT2D eigenvalue weighted by atomic mass is 10.1. The van der Waals surface area contributed by atoms with Crippen LogP contribution in [0.25, 0.3) is 0 Å². The van der Waals surface area contributed by atoms with Crippen molar-refractivity contribution in [1.29, 1.82) is 0 Å². The zero-order valence-corrected chi connectivity index (χ0v) is 11.7. The fourth-order valence-electron chi connectivity index (χ4n) is 1.94. The summed E-state index contributed by atoms with van der Waals surface area (Å²) in [6, 6.07) is 2.18.